The first-order chi connectivity index (χ1) is 27.2. The fourth-order valence-electron chi connectivity index (χ4n) is 7.75. The summed E-state index contributed by atoms with van der Waals surface area (Å²) in [5.41, 5.74) is 8.71. The molecule has 0 N–H and O–H groups in total. The molecule has 0 atom stereocenters. The molecule has 0 spiro atoms. The van der Waals surface area contributed by atoms with E-state index in [0.29, 0.717) is 0 Å². The number of para-hydroxylation sites is 1. The second-order valence-corrected chi connectivity index (χ2v) is 16.3. The Morgan fingerprint density at radius 2 is 0.893 bits per heavy atom. The van der Waals surface area contributed by atoms with Gasteiger partial charge in [-0.05, 0) is 86.3 Å². The zero-order valence-electron chi connectivity index (χ0n) is 37.4. The van der Waals surface area contributed by atoms with E-state index >= 15 is 0 Å². The van der Waals surface area contributed by atoms with Crippen molar-refractivity contribution in [2.75, 3.05) is 0 Å². The van der Waals surface area contributed by atoms with E-state index in [9.17, 15) is 0 Å². The molecular weight excluding hydrogens is 723 g/mol. The van der Waals surface area contributed by atoms with Crippen LogP contribution in [0.4, 0.5) is 11.4 Å². The predicted octanol–water partition coefficient (Wildman–Crippen LogP) is 17.6. The summed E-state index contributed by atoms with van der Waals surface area (Å²) in [6, 6.07) is 15.6. The van der Waals surface area contributed by atoms with Crippen LogP contribution in [0.5, 0.6) is 0 Å². The molecule has 0 bridgehead atoms. The molecule has 2 rings (SSSR count). The maximum Gasteiger partial charge on any atom is 0.0666 e. The van der Waals surface area contributed by atoms with Gasteiger partial charge in [0.05, 0.1) is 22.8 Å². The summed E-state index contributed by atoms with van der Waals surface area (Å²) >= 11 is 0. The van der Waals surface area contributed by atoms with E-state index in [1.807, 2.05) is 0 Å². The average Bonchev–Trinajstić information content (AvgIpc) is 3.21. The maximum atomic E-state index is 5.43. The number of hydrogen-bond donors (Lipinski definition) is 0. The molecule has 0 aliphatic heterocycles. The Bertz CT molecular complexity index is 1340. The number of aliphatic imine (C=N–C) groups is 2. The topological polar surface area (TPSA) is 24.7 Å². The van der Waals surface area contributed by atoms with Crippen LogP contribution < -0.4 is 0 Å². The minimum atomic E-state index is 0. The average molecular weight is 810 g/mol. The summed E-state index contributed by atoms with van der Waals surface area (Å²) in [6.45, 7) is 11.4. The van der Waals surface area contributed by atoms with Crippen molar-refractivity contribution in [2.45, 2.75) is 240 Å². The van der Waals surface area contributed by atoms with Gasteiger partial charge in [-0.15, -0.1) is 11.8 Å². The fourth-order valence-corrected chi connectivity index (χ4v) is 7.75. The molecule has 0 aromatic heterocycles. The van der Waals surface area contributed by atoms with Crippen LogP contribution in [0.25, 0.3) is 0 Å². The molecule has 3 heteroatoms. The van der Waals surface area contributed by atoms with Crippen LogP contribution >= 0.6 is 0 Å². The van der Waals surface area contributed by atoms with E-state index < -0.39 is 0 Å². The van der Waals surface area contributed by atoms with Crippen LogP contribution in [-0.4, -0.2) is 11.4 Å². The van der Waals surface area contributed by atoms with E-state index in [0.717, 1.165) is 69.2 Å². The second kappa shape index (κ2) is 37.1. The molecule has 0 unspecified atom stereocenters. The van der Waals surface area contributed by atoms with Gasteiger partial charge in [-0.1, -0.05) is 200 Å². The zero-order chi connectivity index (χ0) is 39.4. The van der Waals surface area contributed by atoms with Gasteiger partial charge in [0.25, 0.3) is 0 Å². The Labute approximate surface area is 358 Å². The van der Waals surface area contributed by atoms with Crippen molar-refractivity contribution in [3.63, 3.8) is 0 Å². The maximum absolute atomic E-state index is 5.43. The Balaban J connectivity index is 0.0000157. The summed E-state index contributed by atoms with van der Waals surface area (Å²) in [6.07, 6.45) is 41.3. The molecule has 0 aliphatic rings. The van der Waals surface area contributed by atoms with E-state index in [2.05, 4.69) is 88.9 Å². The van der Waals surface area contributed by atoms with E-state index in [1.54, 1.807) is 0 Å². The smallest absolute Gasteiger partial charge is 0.0666 e. The molecule has 2 aromatic rings. The van der Waals surface area contributed by atoms with Gasteiger partial charge in [0.1, 0.15) is 0 Å². The molecule has 2 nitrogen and oxygen atoms in total. The first-order valence-corrected chi connectivity index (χ1v) is 24.0. The van der Waals surface area contributed by atoms with Gasteiger partial charge < -0.3 is 0 Å². The van der Waals surface area contributed by atoms with Crippen LogP contribution in [0.2, 0.25) is 0 Å². The molecule has 0 aliphatic carbocycles. The molecule has 2 aromatic carbocycles. The number of benzene rings is 2. The third-order valence-electron chi connectivity index (χ3n) is 11.4. The third kappa shape index (κ3) is 25.2. The summed E-state index contributed by atoms with van der Waals surface area (Å²) in [5.74, 6) is 7.00. The van der Waals surface area contributed by atoms with Crippen molar-refractivity contribution in [3.8, 4) is 11.8 Å². The Morgan fingerprint density at radius 1 is 0.429 bits per heavy atom. The second-order valence-electron chi connectivity index (χ2n) is 16.3. The molecule has 318 valence electrons. The molecule has 0 radical (unpaired) electrons. The monoisotopic (exact) mass is 809 g/mol. The Kier molecular flexibility index (Phi) is 34.4. The predicted molar refractivity (Wildman–Crippen MR) is 248 cm³/mol. The number of hydrogen-bond acceptors (Lipinski definition) is 2. The molecule has 0 heterocycles. The van der Waals surface area contributed by atoms with Crippen LogP contribution in [0.3, 0.4) is 0 Å². The van der Waals surface area contributed by atoms with Crippen molar-refractivity contribution in [1.82, 2.24) is 0 Å². The van der Waals surface area contributed by atoms with Gasteiger partial charge in [0.2, 0.25) is 0 Å². The molecule has 0 amide bonds. The van der Waals surface area contributed by atoms with Crippen LogP contribution in [0, 0.1) is 11.8 Å². The normalized spacial score (nSPS) is 11.7. The van der Waals surface area contributed by atoms with Crippen molar-refractivity contribution in [3.05, 3.63) is 59.2 Å². The van der Waals surface area contributed by atoms with Gasteiger partial charge in [-0.25, -0.2) is 0 Å². The van der Waals surface area contributed by atoms with Gasteiger partial charge in [0, 0.05) is 29.3 Å². The number of nitrogens with zero attached hydrogens (tertiary/aromatic N) is 2. The number of unbranched alkanes of at least 4 members (excludes halogenated alkanes) is 23. The van der Waals surface area contributed by atoms with E-state index in [-0.39, 0.29) is 16.5 Å². The Morgan fingerprint density at radius 3 is 1.45 bits per heavy atom. The van der Waals surface area contributed by atoms with E-state index in [1.165, 1.54) is 176 Å². The van der Waals surface area contributed by atoms with Crippen molar-refractivity contribution >= 4 is 22.8 Å². The molecule has 0 saturated carbocycles. The first-order valence-electron chi connectivity index (χ1n) is 24.0. The molecular formula is C53H86N2Ni. The van der Waals surface area contributed by atoms with Crippen molar-refractivity contribution in [1.29, 1.82) is 0 Å². The largest absolute Gasteiger partial charge is 0.252 e. The molecule has 0 fully saturated rings. The minimum Gasteiger partial charge on any atom is -0.252 e. The van der Waals surface area contributed by atoms with Crippen molar-refractivity contribution in [2.24, 2.45) is 9.98 Å². The third-order valence-corrected chi connectivity index (χ3v) is 11.4. The van der Waals surface area contributed by atoms with Gasteiger partial charge in [0.15, 0.2) is 0 Å². The Hall–Kier alpha value is -2.17. The summed E-state index contributed by atoms with van der Waals surface area (Å²) < 4.78 is 0. The summed E-state index contributed by atoms with van der Waals surface area (Å²) in [5, 5.41) is 0. The van der Waals surface area contributed by atoms with Crippen molar-refractivity contribution < 1.29 is 16.5 Å². The van der Waals surface area contributed by atoms with Crippen LogP contribution in [0.1, 0.15) is 238 Å². The van der Waals surface area contributed by atoms with Gasteiger partial charge in [-0.2, -0.15) is 0 Å². The number of rotatable bonds is 34. The molecule has 56 heavy (non-hydrogen) atoms. The SMILES string of the molecule is CCCCCCCCCCCCCCCCCCCCCC#CCCc1ccccc1N=C(CCCCCC)C(CCCC)=Nc1ccc(CC)c(CC)c1.[Ni]. The quantitative estimate of drug-likeness (QED) is 0.0291. The standard InChI is InChI=1S/C53H86N2.Ni/c1-6-11-14-16-17-18-19-20-21-22-23-24-25-26-27-28-29-30-31-32-33-34-35-39-49-40-37-38-42-51(49)55-53(43-36-15-12-7-2)52(41-13-8-3)54-50-45-44-47(9-4)48(10-5)46-50;/h37-38,40,42,44-46H,6-32,35-36,39,41,43H2,1-5H3;. The summed E-state index contributed by atoms with van der Waals surface area (Å²) in [4.78, 5) is 10.8. The zero-order valence-corrected chi connectivity index (χ0v) is 38.4. The fraction of sp³-hybridized carbons (Fsp3) is 0.698. The van der Waals surface area contributed by atoms with Crippen LogP contribution in [0.15, 0.2) is 52.4 Å². The molecule has 0 saturated heterocycles. The van der Waals surface area contributed by atoms with Gasteiger partial charge >= 0.3 is 0 Å². The van der Waals surface area contributed by atoms with Crippen LogP contribution in [-0.2, 0) is 35.8 Å². The van der Waals surface area contributed by atoms with Gasteiger partial charge in [-0.3, -0.25) is 9.98 Å². The number of aryl methyl sites for hydroxylation is 3. The van der Waals surface area contributed by atoms with E-state index in [4.69, 9.17) is 9.98 Å². The minimum absolute atomic E-state index is 0. The summed E-state index contributed by atoms with van der Waals surface area (Å²) in [7, 11) is 0. The first kappa shape index (κ1) is 51.9.